The van der Waals surface area contributed by atoms with Crippen LogP contribution in [0.3, 0.4) is 0 Å². The molecule has 1 aliphatic rings. The summed E-state index contributed by atoms with van der Waals surface area (Å²) in [5.74, 6) is 0. The van der Waals surface area contributed by atoms with Gasteiger partial charge < -0.3 is 9.32 Å². The Morgan fingerprint density at radius 3 is 1.67 bits per heavy atom. The van der Waals surface area contributed by atoms with Crippen molar-refractivity contribution in [2.24, 2.45) is 0 Å². The molecule has 0 aliphatic heterocycles. The van der Waals surface area contributed by atoms with Gasteiger partial charge in [-0.15, -0.1) is 0 Å². The van der Waals surface area contributed by atoms with E-state index in [1.807, 2.05) is 0 Å². The molecule has 0 atom stereocenters. The van der Waals surface area contributed by atoms with Crippen LogP contribution in [0, 0.1) is 0 Å². The first-order valence-corrected chi connectivity index (χ1v) is 23.8. The molecule has 13 aromatic rings. The van der Waals surface area contributed by atoms with Gasteiger partial charge in [-0.1, -0.05) is 224 Å². The maximum absolute atomic E-state index is 6.95. The molecule has 2 nitrogen and oxygen atoms in total. The number of hydrogen-bond acceptors (Lipinski definition) is 2. The quantitative estimate of drug-likeness (QED) is 0.148. The smallest absolute Gasteiger partial charge is 0.143 e. The van der Waals surface area contributed by atoms with E-state index in [1.165, 1.54) is 71.4 Å². The zero-order chi connectivity index (χ0) is 45.5. The summed E-state index contributed by atoms with van der Waals surface area (Å²) in [5, 5.41) is 9.61. The molecule has 0 spiro atoms. The van der Waals surface area contributed by atoms with E-state index in [0.717, 1.165) is 55.5 Å². The minimum absolute atomic E-state index is 0.554. The van der Waals surface area contributed by atoms with Crippen LogP contribution < -0.4 is 4.90 Å². The molecule has 14 rings (SSSR count). The van der Waals surface area contributed by atoms with Gasteiger partial charge in [-0.3, -0.25) is 0 Å². The predicted octanol–water partition coefficient (Wildman–Crippen LogP) is 18.2. The lowest BCUT2D eigenvalue weighted by atomic mass is 9.68. The van der Waals surface area contributed by atoms with E-state index < -0.39 is 5.41 Å². The fourth-order valence-corrected chi connectivity index (χ4v) is 11.7. The highest BCUT2D eigenvalue weighted by Crippen LogP contribution is 2.60. The third kappa shape index (κ3) is 5.92. The topological polar surface area (TPSA) is 16.4 Å². The van der Waals surface area contributed by atoms with Crippen LogP contribution in [-0.4, -0.2) is 0 Å². The van der Waals surface area contributed by atoms with Crippen LogP contribution in [0.2, 0.25) is 0 Å². The predicted molar refractivity (Wildman–Crippen MR) is 289 cm³/mol. The van der Waals surface area contributed by atoms with Crippen molar-refractivity contribution in [3.8, 4) is 33.4 Å². The molecule has 0 N–H and O–H groups in total. The number of nitrogens with zero attached hydrogens (tertiary/aromatic N) is 1. The van der Waals surface area contributed by atoms with Crippen molar-refractivity contribution in [3.05, 3.63) is 283 Å². The fraction of sp³-hybridized carbons (Fsp3) is 0.0149. The van der Waals surface area contributed by atoms with Gasteiger partial charge in [-0.2, -0.15) is 0 Å². The maximum Gasteiger partial charge on any atom is 0.143 e. The molecular weight excluding hydrogens is 835 g/mol. The molecule has 2 heteroatoms. The van der Waals surface area contributed by atoms with Crippen LogP contribution in [0.1, 0.15) is 22.3 Å². The summed E-state index contributed by atoms with van der Waals surface area (Å²) in [7, 11) is 0. The number of para-hydroxylation sites is 2. The Labute approximate surface area is 400 Å². The average Bonchev–Trinajstić information content (AvgIpc) is 3.94. The van der Waals surface area contributed by atoms with Gasteiger partial charge in [0.15, 0.2) is 0 Å². The SMILES string of the molecule is c1ccc(C2(c3ccccc3)c3ccccc3-c3c(N(c4ccc(-c5cccc6c5ccc5ccccc56)cc4)c4ccccc4-c4cccc5c4oc4cc6ccccc6cc45)cccc32)cc1. The number of anilines is 3. The van der Waals surface area contributed by atoms with E-state index in [2.05, 4.69) is 266 Å². The summed E-state index contributed by atoms with van der Waals surface area (Å²) in [5.41, 5.74) is 16.4. The van der Waals surface area contributed by atoms with E-state index in [9.17, 15) is 0 Å². The van der Waals surface area contributed by atoms with E-state index >= 15 is 0 Å². The maximum atomic E-state index is 6.95. The number of furan rings is 1. The van der Waals surface area contributed by atoms with Crippen molar-refractivity contribution in [3.63, 3.8) is 0 Å². The minimum atomic E-state index is -0.554. The molecule has 0 radical (unpaired) electrons. The molecule has 12 aromatic carbocycles. The van der Waals surface area contributed by atoms with E-state index in [0.29, 0.717) is 0 Å². The number of benzene rings is 12. The van der Waals surface area contributed by atoms with Crippen molar-refractivity contribution < 1.29 is 4.42 Å². The lowest BCUT2D eigenvalue weighted by molar-refractivity contribution is 0.670. The van der Waals surface area contributed by atoms with Gasteiger partial charge in [0.1, 0.15) is 11.2 Å². The first-order valence-electron chi connectivity index (χ1n) is 23.8. The standard InChI is InChI=1S/C67H43NO/c1-3-21-48(22-4-1)67(49-23-5-2-6-24-49)60-32-13-11-27-58(60)65-61(67)33-17-35-63(65)68(50-39-36-45(37-40-50)52-28-15-29-53-51-25-10-9-18-44(51)38-41-54(52)53)62-34-14-12-26-55(62)56-30-16-31-57-59-42-46-19-7-8-20-47(46)43-64(59)69-66(56)57/h1-43H. The third-order valence-corrected chi connectivity index (χ3v) is 14.7. The Morgan fingerprint density at radius 2 is 0.884 bits per heavy atom. The first-order chi connectivity index (χ1) is 34.2. The van der Waals surface area contributed by atoms with Crippen LogP contribution in [0.25, 0.3) is 87.6 Å². The van der Waals surface area contributed by atoms with Crippen LogP contribution in [0.15, 0.2) is 265 Å². The number of rotatable bonds is 7. The zero-order valence-electron chi connectivity index (χ0n) is 37.7. The molecule has 0 unspecified atom stereocenters. The van der Waals surface area contributed by atoms with E-state index in [-0.39, 0.29) is 0 Å². The van der Waals surface area contributed by atoms with Gasteiger partial charge in [0, 0.05) is 33.2 Å². The van der Waals surface area contributed by atoms with E-state index in [4.69, 9.17) is 4.42 Å². The molecule has 1 aliphatic carbocycles. The van der Waals surface area contributed by atoms with E-state index in [1.54, 1.807) is 0 Å². The lowest BCUT2D eigenvalue weighted by Gasteiger charge is -2.34. The van der Waals surface area contributed by atoms with Gasteiger partial charge in [-0.25, -0.2) is 0 Å². The van der Waals surface area contributed by atoms with Gasteiger partial charge in [-0.05, 0) is 108 Å². The summed E-state index contributed by atoms with van der Waals surface area (Å²) in [6, 6.07) is 95.6. The second-order valence-corrected chi connectivity index (χ2v) is 18.3. The van der Waals surface area contributed by atoms with Gasteiger partial charge >= 0.3 is 0 Å². The van der Waals surface area contributed by atoms with Crippen LogP contribution in [0.4, 0.5) is 17.1 Å². The zero-order valence-corrected chi connectivity index (χ0v) is 37.7. The molecule has 322 valence electrons. The molecule has 0 fully saturated rings. The highest BCUT2D eigenvalue weighted by Gasteiger charge is 2.47. The van der Waals surface area contributed by atoms with Gasteiger partial charge in [0.2, 0.25) is 0 Å². The second kappa shape index (κ2) is 15.6. The molecule has 0 saturated carbocycles. The molecule has 0 saturated heterocycles. The Morgan fingerprint density at radius 1 is 0.319 bits per heavy atom. The normalized spacial score (nSPS) is 12.8. The number of fused-ring (bicyclic) bond motifs is 10. The van der Waals surface area contributed by atoms with Crippen molar-refractivity contribution in [2.75, 3.05) is 4.90 Å². The third-order valence-electron chi connectivity index (χ3n) is 14.7. The largest absolute Gasteiger partial charge is 0.455 e. The summed E-state index contributed by atoms with van der Waals surface area (Å²) < 4.78 is 6.95. The Kier molecular flexibility index (Phi) is 8.84. The minimum Gasteiger partial charge on any atom is -0.455 e. The Balaban J connectivity index is 1.03. The van der Waals surface area contributed by atoms with Gasteiger partial charge in [0.05, 0.1) is 16.8 Å². The second-order valence-electron chi connectivity index (χ2n) is 18.3. The van der Waals surface area contributed by atoms with Crippen LogP contribution in [0.5, 0.6) is 0 Å². The van der Waals surface area contributed by atoms with Crippen molar-refractivity contribution >= 4 is 71.3 Å². The van der Waals surface area contributed by atoms with Crippen molar-refractivity contribution in [1.82, 2.24) is 0 Å². The summed E-state index contributed by atoms with van der Waals surface area (Å²) in [6.45, 7) is 0. The van der Waals surface area contributed by atoms with Gasteiger partial charge in [0.25, 0.3) is 0 Å². The summed E-state index contributed by atoms with van der Waals surface area (Å²) in [6.07, 6.45) is 0. The van der Waals surface area contributed by atoms with Crippen molar-refractivity contribution in [2.45, 2.75) is 5.41 Å². The molecule has 1 aromatic heterocycles. The molecule has 69 heavy (non-hydrogen) atoms. The molecular formula is C67H43NO. The first kappa shape index (κ1) is 39.2. The number of hydrogen-bond donors (Lipinski definition) is 0. The molecule has 1 heterocycles. The lowest BCUT2D eigenvalue weighted by Crippen LogP contribution is -2.28. The summed E-state index contributed by atoms with van der Waals surface area (Å²) >= 11 is 0. The molecule has 0 bridgehead atoms. The summed E-state index contributed by atoms with van der Waals surface area (Å²) in [4.78, 5) is 2.49. The molecule has 0 amide bonds. The highest BCUT2D eigenvalue weighted by atomic mass is 16.3. The Bertz CT molecular complexity index is 4090. The van der Waals surface area contributed by atoms with Crippen LogP contribution >= 0.6 is 0 Å². The average molecular weight is 878 g/mol. The highest BCUT2D eigenvalue weighted by molar-refractivity contribution is 6.15. The fourth-order valence-electron chi connectivity index (χ4n) is 11.7. The monoisotopic (exact) mass is 877 g/mol. The Hall–Kier alpha value is -8.98. The van der Waals surface area contributed by atoms with Crippen molar-refractivity contribution in [1.29, 1.82) is 0 Å². The van der Waals surface area contributed by atoms with Crippen LogP contribution in [-0.2, 0) is 5.41 Å².